The summed E-state index contributed by atoms with van der Waals surface area (Å²) in [4.78, 5) is 11.9. The second-order valence-electron chi connectivity index (χ2n) is 5.26. The van der Waals surface area contributed by atoms with Crippen LogP contribution in [0.5, 0.6) is 0 Å². The monoisotopic (exact) mass is 233 g/mol. The van der Waals surface area contributed by atoms with Gasteiger partial charge in [0.25, 0.3) is 0 Å². The Morgan fingerprint density at radius 2 is 1.88 bits per heavy atom. The van der Waals surface area contributed by atoms with Gasteiger partial charge >= 0.3 is 0 Å². The second kappa shape index (κ2) is 5.85. The molecule has 0 aromatic heterocycles. The fourth-order valence-electron chi connectivity index (χ4n) is 1.79. The van der Waals surface area contributed by atoms with Gasteiger partial charge in [-0.15, -0.1) is 0 Å². The molecular weight excluding hydrogens is 210 g/mol. The predicted molar refractivity (Wildman–Crippen MR) is 71.7 cm³/mol. The first kappa shape index (κ1) is 13.8. The van der Waals surface area contributed by atoms with Gasteiger partial charge in [-0.3, -0.25) is 4.79 Å². The van der Waals surface area contributed by atoms with Crippen LogP contribution in [-0.4, -0.2) is 5.91 Å². The Labute approximate surface area is 104 Å². The zero-order chi connectivity index (χ0) is 12.9. The summed E-state index contributed by atoms with van der Waals surface area (Å²) in [6, 6.07) is 10.1. The van der Waals surface area contributed by atoms with Gasteiger partial charge in [0.15, 0.2) is 0 Å². The van der Waals surface area contributed by atoms with Crippen LogP contribution in [-0.2, 0) is 10.3 Å². The van der Waals surface area contributed by atoms with E-state index < -0.39 is 0 Å². The zero-order valence-electron chi connectivity index (χ0n) is 11.3. The summed E-state index contributed by atoms with van der Waals surface area (Å²) in [6.07, 6.45) is 1.64. The van der Waals surface area contributed by atoms with Gasteiger partial charge in [-0.2, -0.15) is 0 Å². The van der Waals surface area contributed by atoms with Crippen molar-refractivity contribution in [2.45, 2.75) is 46.1 Å². The number of rotatable bonds is 5. The molecular formula is C15H23NO. The minimum atomic E-state index is -0.300. The fourth-order valence-corrected chi connectivity index (χ4v) is 1.79. The largest absolute Gasteiger partial charge is 0.347 e. The Hall–Kier alpha value is -1.31. The number of carbonyl (C=O) groups excluding carboxylic acids is 1. The topological polar surface area (TPSA) is 29.1 Å². The van der Waals surface area contributed by atoms with Gasteiger partial charge in [-0.1, -0.05) is 50.6 Å². The van der Waals surface area contributed by atoms with E-state index in [-0.39, 0.29) is 11.4 Å². The van der Waals surface area contributed by atoms with Crippen LogP contribution in [0.4, 0.5) is 0 Å². The summed E-state index contributed by atoms with van der Waals surface area (Å²) in [7, 11) is 0. The number of amides is 1. The van der Waals surface area contributed by atoms with Crippen molar-refractivity contribution in [1.82, 2.24) is 5.32 Å². The summed E-state index contributed by atoms with van der Waals surface area (Å²) in [5, 5.41) is 3.10. The molecule has 1 atom stereocenters. The highest BCUT2D eigenvalue weighted by molar-refractivity contribution is 5.77. The molecule has 0 radical (unpaired) electrons. The Balaban J connectivity index is 2.64. The van der Waals surface area contributed by atoms with Crippen molar-refractivity contribution in [2.75, 3.05) is 0 Å². The average molecular weight is 233 g/mol. The fraction of sp³-hybridized carbons (Fsp3) is 0.533. The average Bonchev–Trinajstić information content (AvgIpc) is 2.29. The molecule has 17 heavy (non-hydrogen) atoms. The maximum Gasteiger partial charge on any atom is 0.220 e. The van der Waals surface area contributed by atoms with Gasteiger partial charge < -0.3 is 5.32 Å². The van der Waals surface area contributed by atoms with Crippen molar-refractivity contribution in [3.8, 4) is 0 Å². The van der Waals surface area contributed by atoms with Crippen molar-refractivity contribution in [3.63, 3.8) is 0 Å². The molecule has 1 rings (SSSR count). The first-order valence-electron chi connectivity index (χ1n) is 6.32. The van der Waals surface area contributed by atoms with Gasteiger partial charge in [0.05, 0.1) is 5.54 Å². The molecule has 2 heteroatoms. The maximum absolute atomic E-state index is 11.9. The highest BCUT2D eigenvalue weighted by Crippen LogP contribution is 2.20. The van der Waals surface area contributed by atoms with Crippen LogP contribution in [0.3, 0.4) is 0 Å². The molecule has 0 heterocycles. The van der Waals surface area contributed by atoms with Crippen molar-refractivity contribution in [3.05, 3.63) is 35.9 Å². The van der Waals surface area contributed by atoms with E-state index in [2.05, 4.69) is 19.2 Å². The predicted octanol–water partition coefficient (Wildman–Crippen LogP) is 3.47. The molecule has 1 amide bonds. The summed E-state index contributed by atoms with van der Waals surface area (Å²) in [5.41, 5.74) is 0.837. The first-order chi connectivity index (χ1) is 7.95. The lowest BCUT2D eigenvalue weighted by atomic mass is 9.93. The number of hydrogen-bond acceptors (Lipinski definition) is 1. The van der Waals surface area contributed by atoms with Crippen molar-refractivity contribution in [1.29, 1.82) is 0 Å². The zero-order valence-corrected chi connectivity index (χ0v) is 11.3. The van der Waals surface area contributed by atoms with E-state index in [9.17, 15) is 4.79 Å². The molecule has 1 aromatic carbocycles. The molecule has 0 bridgehead atoms. The van der Waals surface area contributed by atoms with Crippen LogP contribution in [0.1, 0.15) is 46.1 Å². The minimum absolute atomic E-state index is 0.133. The van der Waals surface area contributed by atoms with Gasteiger partial charge in [0, 0.05) is 6.42 Å². The summed E-state index contributed by atoms with van der Waals surface area (Å²) in [6.45, 7) is 8.29. The van der Waals surface area contributed by atoms with Crippen molar-refractivity contribution < 1.29 is 4.79 Å². The second-order valence-corrected chi connectivity index (χ2v) is 5.26. The third kappa shape index (κ3) is 4.22. The SMILES string of the molecule is CCC(C)CC(=O)NC(C)(C)c1ccccc1. The van der Waals surface area contributed by atoms with E-state index in [1.165, 1.54) is 0 Å². The molecule has 0 aliphatic carbocycles. The molecule has 1 aromatic rings. The molecule has 0 aliphatic heterocycles. The van der Waals surface area contributed by atoms with Crippen LogP contribution >= 0.6 is 0 Å². The third-order valence-electron chi connectivity index (χ3n) is 3.18. The Bertz CT molecular complexity index is 356. The van der Waals surface area contributed by atoms with E-state index in [0.29, 0.717) is 12.3 Å². The Kier molecular flexibility index (Phi) is 4.73. The van der Waals surface area contributed by atoms with E-state index in [4.69, 9.17) is 0 Å². The minimum Gasteiger partial charge on any atom is -0.347 e. The Morgan fingerprint density at radius 1 is 1.29 bits per heavy atom. The van der Waals surface area contributed by atoms with Crippen molar-refractivity contribution >= 4 is 5.91 Å². The Morgan fingerprint density at radius 3 is 2.41 bits per heavy atom. The van der Waals surface area contributed by atoms with Gasteiger partial charge in [0.2, 0.25) is 5.91 Å². The van der Waals surface area contributed by atoms with Crippen LogP contribution < -0.4 is 5.32 Å². The van der Waals surface area contributed by atoms with Gasteiger partial charge in [-0.25, -0.2) is 0 Å². The number of hydrogen-bond donors (Lipinski definition) is 1. The van der Waals surface area contributed by atoms with E-state index in [1.807, 2.05) is 44.2 Å². The van der Waals surface area contributed by atoms with Crippen LogP contribution in [0.25, 0.3) is 0 Å². The summed E-state index contributed by atoms with van der Waals surface area (Å²) < 4.78 is 0. The maximum atomic E-state index is 11.9. The van der Waals surface area contributed by atoms with Crippen molar-refractivity contribution in [2.24, 2.45) is 5.92 Å². The molecule has 94 valence electrons. The van der Waals surface area contributed by atoms with Crippen LogP contribution in [0, 0.1) is 5.92 Å². The standard InChI is InChI=1S/C15H23NO/c1-5-12(2)11-14(17)16-15(3,4)13-9-7-6-8-10-13/h6-10,12H,5,11H2,1-4H3,(H,16,17). The smallest absolute Gasteiger partial charge is 0.220 e. The molecule has 1 N–H and O–H groups in total. The lowest BCUT2D eigenvalue weighted by Gasteiger charge is -2.27. The highest BCUT2D eigenvalue weighted by atomic mass is 16.1. The molecule has 2 nitrogen and oxygen atoms in total. The van der Waals surface area contributed by atoms with Gasteiger partial charge in [0.1, 0.15) is 0 Å². The van der Waals surface area contributed by atoms with Crippen LogP contribution in [0.15, 0.2) is 30.3 Å². The summed E-state index contributed by atoms with van der Waals surface area (Å²) in [5.74, 6) is 0.578. The van der Waals surface area contributed by atoms with Crippen LogP contribution in [0.2, 0.25) is 0 Å². The summed E-state index contributed by atoms with van der Waals surface area (Å²) >= 11 is 0. The lowest BCUT2D eigenvalue weighted by molar-refractivity contribution is -0.123. The molecule has 0 aliphatic rings. The molecule has 0 saturated carbocycles. The highest BCUT2D eigenvalue weighted by Gasteiger charge is 2.22. The third-order valence-corrected chi connectivity index (χ3v) is 3.18. The normalized spacial score (nSPS) is 13.2. The van der Waals surface area contributed by atoms with Gasteiger partial charge in [-0.05, 0) is 25.3 Å². The first-order valence-corrected chi connectivity index (χ1v) is 6.32. The van der Waals surface area contributed by atoms with E-state index >= 15 is 0 Å². The molecule has 1 unspecified atom stereocenters. The number of nitrogens with one attached hydrogen (secondary N) is 1. The molecule has 0 saturated heterocycles. The quantitative estimate of drug-likeness (QED) is 0.829. The lowest BCUT2D eigenvalue weighted by Crippen LogP contribution is -2.41. The van der Waals surface area contributed by atoms with E-state index in [1.54, 1.807) is 0 Å². The molecule has 0 spiro atoms. The van der Waals surface area contributed by atoms with E-state index in [0.717, 1.165) is 12.0 Å². The molecule has 0 fully saturated rings. The number of benzene rings is 1. The number of carbonyl (C=O) groups is 1.